The zero-order valence-electron chi connectivity index (χ0n) is 18.6. The van der Waals surface area contributed by atoms with Crippen LogP contribution in [0, 0.1) is 0 Å². The number of rotatable bonds is 7. The third kappa shape index (κ3) is 4.80. The van der Waals surface area contributed by atoms with Crippen LogP contribution in [0.4, 0.5) is 17.1 Å². The van der Waals surface area contributed by atoms with E-state index < -0.39 is 11.8 Å². The molecular formula is C25H19Cl2N3O5. The second kappa shape index (κ2) is 10.1. The normalized spacial score (nSPS) is 13.2. The Morgan fingerprint density at radius 1 is 0.857 bits per heavy atom. The monoisotopic (exact) mass is 511 g/mol. The highest BCUT2D eigenvalue weighted by molar-refractivity contribution is 6.53. The van der Waals surface area contributed by atoms with E-state index in [4.69, 9.17) is 32.7 Å². The molecule has 10 heteroatoms. The number of hydrogen-bond donors (Lipinski definition) is 2. The third-order valence-corrected chi connectivity index (χ3v) is 5.77. The van der Waals surface area contributed by atoms with Crippen LogP contribution in [0.3, 0.4) is 0 Å². The average Bonchev–Trinajstić information content (AvgIpc) is 3.07. The van der Waals surface area contributed by atoms with Gasteiger partial charge in [0.05, 0.1) is 25.6 Å². The van der Waals surface area contributed by atoms with Gasteiger partial charge in [0.15, 0.2) is 0 Å². The zero-order valence-corrected chi connectivity index (χ0v) is 20.1. The Hall–Kier alpha value is -4.01. The molecule has 8 nitrogen and oxygen atoms in total. The van der Waals surface area contributed by atoms with Crippen LogP contribution in [0.25, 0.3) is 0 Å². The first-order valence-electron chi connectivity index (χ1n) is 10.3. The van der Waals surface area contributed by atoms with Gasteiger partial charge in [-0.3, -0.25) is 14.4 Å². The number of imide groups is 1. The van der Waals surface area contributed by atoms with Gasteiger partial charge in [-0.25, -0.2) is 4.90 Å². The first-order valence-corrected chi connectivity index (χ1v) is 11.0. The number of amides is 3. The van der Waals surface area contributed by atoms with Gasteiger partial charge in [0.2, 0.25) is 0 Å². The summed E-state index contributed by atoms with van der Waals surface area (Å²) in [5.74, 6) is -0.908. The van der Waals surface area contributed by atoms with E-state index in [1.807, 2.05) is 0 Å². The second-order valence-electron chi connectivity index (χ2n) is 7.31. The molecule has 0 bridgehead atoms. The van der Waals surface area contributed by atoms with Gasteiger partial charge in [0.25, 0.3) is 17.7 Å². The van der Waals surface area contributed by atoms with Gasteiger partial charge >= 0.3 is 0 Å². The van der Waals surface area contributed by atoms with E-state index in [2.05, 4.69) is 10.6 Å². The fraction of sp³-hybridized carbons (Fsp3) is 0.0800. The molecule has 0 saturated heterocycles. The van der Waals surface area contributed by atoms with Crippen LogP contribution in [0.5, 0.6) is 11.5 Å². The largest absolute Gasteiger partial charge is 0.495 e. The molecule has 0 aliphatic carbocycles. The number of carbonyl (C=O) groups excluding carboxylic acids is 3. The summed E-state index contributed by atoms with van der Waals surface area (Å²) in [7, 11) is 2.93. The van der Waals surface area contributed by atoms with Gasteiger partial charge in [-0.15, -0.1) is 0 Å². The maximum Gasteiger partial charge on any atom is 0.283 e. The maximum absolute atomic E-state index is 13.1. The lowest BCUT2D eigenvalue weighted by Gasteiger charge is -2.18. The second-order valence-corrected chi connectivity index (χ2v) is 8.12. The summed E-state index contributed by atoms with van der Waals surface area (Å²) in [6.07, 6.45) is 0. The number of nitrogens with zero attached hydrogens (tertiary/aromatic N) is 1. The molecule has 3 amide bonds. The molecule has 35 heavy (non-hydrogen) atoms. The first-order chi connectivity index (χ1) is 16.8. The van der Waals surface area contributed by atoms with Gasteiger partial charge in [0, 0.05) is 16.3 Å². The molecule has 4 rings (SSSR count). The van der Waals surface area contributed by atoms with Crippen molar-refractivity contribution in [2.75, 3.05) is 29.8 Å². The minimum absolute atomic E-state index is 0.107. The first kappa shape index (κ1) is 24.1. The Morgan fingerprint density at radius 3 is 2.23 bits per heavy atom. The average molecular weight is 512 g/mol. The standard InChI is InChI=1S/C25H19Cl2N3O5/c1-34-19-6-4-3-5-17(19)29-23(31)14-7-10-16(11-8-14)28-22-21(27)24(32)30(25(22)33)18-13-15(26)9-12-20(18)35-2/h3-13,28H,1-2H3,(H,29,31). The van der Waals surface area contributed by atoms with Crippen molar-refractivity contribution in [2.45, 2.75) is 0 Å². The molecule has 1 aliphatic rings. The van der Waals surface area contributed by atoms with Crippen LogP contribution in [0.15, 0.2) is 77.5 Å². The quantitative estimate of drug-likeness (QED) is 0.431. The van der Waals surface area contributed by atoms with Crippen LogP contribution in [-0.4, -0.2) is 31.9 Å². The topological polar surface area (TPSA) is 97.0 Å². The van der Waals surface area contributed by atoms with Crippen LogP contribution in [0.2, 0.25) is 5.02 Å². The molecule has 3 aromatic carbocycles. The molecule has 0 spiro atoms. The summed E-state index contributed by atoms with van der Waals surface area (Å²) in [5.41, 5.74) is 1.43. The summed E-state index contributed by atoms with van der Waals surface area (Å²) in [5, 5.41) is 5.69. The fourth-order valence-corrected chi connectivity index (χ4v) is 3.84. The van der Waals surface area contributed by atoms with Crippen molar-refractivity contribution >= 4 is 58.0 Å². The Labute approximate surface area is 211 Å². The van der Waals surface area contributed by atoms with E-state index in [1.54, 1.807) is 60.7 Å². The van der Waals surface area contributed by atoms with Crippen molar-refractivity contribution in [2.24, 2.45) is 0 Å². The summed E-state index contributed by atoms with van der Waals surface area (Å²) in [6, 6.07) is 17.9. The van der Waals surface area contributed by atoms with Gasteiger partial charge < -0.3 is 20.1 Å². The smallest absolute Gasteiger partial charge is 0.283 e. The number of nitrogens with one attached hydrogen (secondary N) is 2. The minimum Gasteiger partial charge on any atom is -0.495 e. The number of ether oxygens (including phenoxy) is 2. The Balaban J connectivity index is 1.52. The van der Waals surface area contributed by atoms with Crippen LogP contribution >= 0.6 is 23.2 Å². The Morgan fingerprint density at radius 2 is 1.54 bits per heavy atom. The molecule has 1 aliphatic heterocycles. The Bertz CT molecular complexity index is 1360. The number of halogens is 2. The fourth-order valence-electron chi connectivity index (χ4n) is 3.46. The number of anilines is 3. The molecule has 0 aromatic heterocycles. The maximum atomic E-state index is 13.1. The molecule has 0 saturated carbocycles. The van der Waals surface area contributed by atoms with Crippen LogP contribution < -0.4 is 25.0 Å². The number of para-hydroxylation sites is 2. The van der Waals surface area contributed by atoms with Gasteiger partial charge in [-0.2, -0.15) is 0 Å². The van der Waals surface area contributed by atoms with E-state index in [0.29, 0.717) is 27.7 Å². The number of methoxy groups -OCH3 is 2. The van der Waals surface area contributed by atoms with Crippen molar-refractivity contribution < 1.29 is 23.9 Å². The van der Waals surface area contributed by atoms with Crippen molar-refractivity contribution in [3.63, 3.8) is 0 Å². The molecule has 0 unspecified atom stereocenters. The van der Waals surface area contributed by atoms with E-state index >= 15 is 0 Å². The zero-order chi connectivity index (χ0) is 25.1. The summed E-state index contributed by atoms with van der Waals surface area (Å²) in [6.45, 7) is 0. The summed E-state index contributed by atoms with van der Waals surface area (Å²) >= 11 is 12.3. The van der Waals surface area contributed by atoms with Crippen LogP contribution in [0.1, 0.15) is 10.4 Å². The molecule has 1 heterocycles. The van der Waals surface area contributed by atoms with Gasteiger partial charge in [-0.1, -0.05) is 35.3 Å². The number of carbonyl (C=O) groups is 3. The highest BCUT2D eigenvalue weighted by atomic mass is 35.5. The van der Waals surface area contributed by atoms with Crippen molar-refractivity contribution in [1.82, 2.24) is 0 Å². The highest BCUT2D eigenvalue weighted by Crippen LogP contribution is 2.37. The number of benzene rings is 3. The lowest BCUT2D eigenvalue weighted by Crippen LogP contribution is -2.32. The minimum atomic E-state index is -0.715. The van der Waals surface area contributed by atoms with Gasteiger partial charge in [0.1, 0.15) is 22.2 Å². The van der Waals surface area contributed by atoms with E-state index in [9.17, 15) is 14.4 Å². The molecule has 0 atom stereocenters. The van der Waals surface area contributed by atoms with Crippen LogP contribution in [-0.2, 0) is 9.59 Å². The summed E-state index contributed by atoms with van der Waals surface area (Å²) in [4.78, 5) is 39.4. The van der Waals surface area contributed by atoms with E-state index in [0.717, 1.165) is 4.90 Å². The lowest BCUT2D eigenvalue weighted by molar-refractivity contribution is -0.120. The highest BCUT2D eigenvalue weighted by Gasteiger charge is 2.40. The molecule has 3 aromatic rings. The third-order valence-electron chi connectivity index (χ3n) is 5.18. The van der Waals surface area contributed by atoms with E-state index in [1.165, 1.54) is 20.3 Å². The Kier molecular flexibility index (Phi) is 6.95. The summed E-state index contributed by atoms with van der Waals surface area (Å²) < 4.78 is 10.5. The molecule has 178 valence electrons. The van der Waals surface area contributed by atoms with Gasteiger partial charge in [-0.05, 0) is 54.6 Å². The van der Waals surface area contributed by atoms with Crippen molar-refractivity contribution in [3.05, 3.63) is 88.0 Å². The molecule has 0 fully saturated rings. The predicted octanol–water partition coefficient (Wildman–Crippen LogP) is 5.05. The molecular weight excluding hydrogens is 493 g/mol. The van der Waals surface area contributed by atoms with E-state index in [-0.39, 0.29) is 28.1 Å². The molecule has 0 radical (unpaired) electrons. The number of hydrogen-bond acceptors (Lipinski definition) is 6. The predicted molar refractivity (Wildman–Crippen MR) is 134 cm³/mol. The molecule has 2 N–H and O–H groups in total. The SMILES string of the molecule is COc1ccccc1NC(=O)c1ccc(NC2=C(Cl)C(=O)N(c3cc(Cl)ccc3OC)C2=O)cc1. The van der Waals surface area contributed by atoms with Crippen molar-refractivity contribution in [3.8, 4) is 11.5 Å². The lowest BCUT2D eigenvalue weighted by atomic mass is 10.1. The van der Waals surface area contributed by atoms with Crippen molar-refractivity contribution in [1.29, 1.82) is 0 Å².